The van der Waals surface area contributed by atoms with Crippen molar-refractivity contribution in [3.8, 4) is 5.75 Å². The molecule has 0 radical (unpaired) electrons. The molecule has 0 aliphatic heterocycles. The highest BCUT2D eigenvalue weighted by Gasteiger charge is 2.08. The molecule has 0 saturated carbocycles. The average Bonchev–Trinajstić information content (AvgIpc) is 2.03. The lowest BCUT2D eigenvalue weighted by Gasteiger charge is -2.11. The van der Waals surface area contributed by atoms with Crippen LogP contribution in [0.2, 0.25) is 0 Å². The van der Waals surface area contributed by atoms with Crippen molar-refractivity contribution >= 4 is 0 Å². The number of methoxy groups -OCH3 is 1. The van der Waals surface area contributed by atoms with E-state index in [-0.39, 0.29) is 5.75 Å². The molecule has 1 aromatic rings. The molecule has 0 fully saturated rings. The van der Waals surface area contributed by atoms with Crippen LogP contribution in [-0.4, -0.2) is 17.3 Å². The van der Waals surface area contributed by atoms with E-state index in [1.807, 2.05) is 0 Å². The highest BCUT2D eigenvalue weighted by Crippen LogP contribution is 2.21. The number of phenolic OH excluding ortho intramolecular Hbond substituents is 1. The predicted molar refractivity (Wildman–Crippen MR) is 44.8 cm³/mol. The summed E-state index contributed by atoms with van der Waals surface area (Å²) in [5, 5.41) is 18.4. The Hall–Kier alpha value is -1.06. The monoisotopic (exact) mass is 168 g/mol. The van der Waals surface area contributed by atoms with Crippen molar-refractivity contribution in [3.05, 3.63) is 29.3 Å². The number of hydrogen-bond donors (Lipinski definition) is 2. The van der Waals surface area contributed by atoms with E-state index < -0.39 is 6.29 Å². The summed E-state index contributed by atoms with van der Waals surface area (Å²) in [5.41, 5.74) is 1.49. The number of phenols is 1. The number of hydrogen-bond acceptors (Lipinski definition) is 3. The third-order valence-corrected chi connectivity index (χ3v) is 1.74. The number of aliphatic hydroxyl groups is 1. The first kappa shape index (κ1) is 9.03. The molecule has 3 heteroatoms. The van der Waals surface area contributed by atoms with E-state index in [1.54, 1.807) is 19.1 Å². The summed E-state index contributed by atoms with van der Waals surface area (Å²) in [4.78, 5) is 0. The Labute approximate surface area is 71.2 Å². The molecule has 66 valence electrons. The van der Waals surface area contributed by atoms with Gasteiger partial charge >= 0.3 is 0 Å². The number of aryl methyl sites for hydroxylation is 1. The molecule has 0 saturated heterocycles. The van der Waals surface area contributed by atoms with Gasteiger partial charge in [0.2, 0.25) is 0 Å². The summed E-state index contributed by atoms with van der Waals surface area (Å²) in [6.45, 7) is 1.80. The zero-order valence-corrected chi connectivity index (χ0v) is 7.11. The predicted octanol–water partition coefficient (Wildman–Crippen LogP) is 1.34. The van der Waals surface area contributed by atoms with E-state index in [9.17, 15) is 5.11 Å². The van der Waals surface area contributed by atoms with Gasteiger partial charge < -0.3 is 14.9 Å². The summed E-state index contributed by atoms with van der Waals surface area (Å²) in [6.07, 6.45) is -0.911. The maximum absolute atomic E-state index is 9.30. The highest BCUT2D eigenvalue weighted by molar-refractivity contribution is 5.34. The molecule has 0 aromatic heterocycles. The van der Waals surface area contributed by atoms with E-state index in [2.05, 4.69) is 0 Å². The summed E-state index contributed by atoms with van der Waals surface area (Å²) >= 11 is 0. The molecule has 0 amide bonds. The molecular formula is C9H12O3. The molecular weight excluding hydrogens is 156 g/mol. The Bertz CT molecular complexity index is 270. The molecule has 1 atom stereocenters. The average molecular weight is 168 g/mol. The minimum Gasteiger partial charge on any atom is -0.508 e. The minimum atomic E-state index is -0.911. The van der Waals surface area contributed by atoms with Crippen LogP contribution in [0.1, 0.15) is 17.4 Å². The van der Waals surface area contributed by atoms with Crippen molar-refractivity contribution in [2.24, 2.45) is 0 Å². The van der Waals surface area contributed by atoms with Crippen LogP contribution < -0.4 is 0 Å². The first-order chi connectivity index (χ1) is 5.65. The molecule has 0 heterocycles. The lowest BCUT2D eigenvalue weighted by Crippen LogP contribution is -2.01. The second kappa shape index (κ2) is 3.56. The second-order valence-electron chi connectivity index (χ2n) is 2.63. The fraction of sp³-hybridized carbons (Fsp3) is 0.333. The number of benzene rings is 1. The maximum Gasteiger partial charge on any atom is 0.181 e. The van der Waals surface area contributed by atoms with Gasteiger partial charge in [0.25, 0.3) is 0 Å². The van der Waals surface area contributed by atoms with Crippen LogP contribution in [-0.2, 0) is 4.74 Å². The molecule has 0 spiro atoms. The quantitative estimate of drug-likeness (QED) is 0.655. The normalized spacial score (nSPS) is 12.9. The number of ether oxygens (including phenoxy) is 1. The van der Waals surface area contributed by atoms with Crippen molar-refractivity contribution in [1.29, 1.82) is 0 Å². The number of aromatic hydroxyl groups is 1. The van der Waals surface area contributed by atoms with Crippen molar-refractivity contribution in [3.63, 3.8) is 0 Å². The van der Waals surface area contributed by atoms with E-state index in [0.29, 0.717) is 5.56 Å². The number of aliphatic hydroxyl groups excluding tert-OH is 1. The van der Waals surface area contributed by atoms with Gasteiger partial charge in [-0.2, -0.15) is 0 Å². The molecule has 0 aliphatic carbocycles. The van der Waals surface area contributed by atoms with Gasteiger partial charge in [-0.15, -0.1) is 0 Å². The summed E-state index contributed by atoms with van der Waals surface area (Å²) < 4.78 is 4.73. The van der Waals surface area contributed by atoms with Gasteiger partial charge in [-0.3, -0.25) is 0 Å². The Balaban J connectivity index is 3.01. The van der Waals surface area contributed by atoms with E-state index in [4.69, 9.17) is 9.84 Å². The smallest absolute Gasteiger partial charge is 0.181 e. The van der Waals surface area contributed by atoms with Crippen LogP contribution in [0.3, 0.4) is 0 Å². The first-order valence-electron chi connectivity index (χ1n) is 3.65. The molecule has 1 aromatic carbocycles. The Morgan fingerprint density at radius 3 is 2.58 bits per heavy atom. The zero-order valence-electron chi connectivity index (χ0n) is 7.11. The molecule has 12 heavy (non-hydrogen) atoms. The third kappa shape index (κ3) is 1.75. The van der Waals surface area contributed by atoms with Crippen molar-refractivity contribution in [2.45, 2.75) is 13.2 Å². The molecule has 2 N–H and O–H groups in total. The van der Waals surface area contributed by atoms with Crippen LogP contribution in [0.25, 0.3) is 0 Å². The lowest BCUT2D eigenvalue weighted by atomic mass is 10.1. The Morgan fingerprint density at radius 2 is 2.08 bits per heavy atom. The summed E-state index contributed by atoms with van der Waals surface area (Å²) in [6, 6.07) is 4.74. The van der Waals surface area contributed by atoms with Crippen LogP contribution in [0.5, 0.6) is 5.75 Å². The van der Waals surface area contributed by atoms with Gasteiger partial charge in [-0.05, 0) is 24.6 Å². The fourth-order valence-corrected chi connectivity index (χ4v) is 1.06. The van der Waals surface area contributed by atoms with Gasteiger partial charge in [0.05, 0.1) is 0 Å². The Morgan fingerprint density at radius 1 is 1.42 bits per heavy atom. The molecule has 3 nitrogen and oxygen atoms in total. The van der Waals surface area contributed by atoms with Crippen molar-refractivity contribution in [1.82, 2.24) is 0 Å². The molecule has 1 rings (SSSR count). The van der Waals surface area contributed by atoms with Gasteiger partial charge in [-0.1, -0.05) is 6.07 Å². The maximum atomic E-state index is 9.30. The molecule has 0 unspecified atom stereocenters. The molecule has 0 aliphatic rings. The fourth-order valence-electron chi connectivity index (χ4n) is 1.06. The van der Waals surface area contributed by atoms with Gasteiger partial charge in [-0.25, -0.2) is 0 Å². The van der Waals surface area contributed by atoms with Crippen LogP contribution in [0, 0.1) is 6.92 Å². The topological polar surface area (TPSA) is 49.7 Å². The van der Waals surface area contributed by atoms with Crippen molar-refractivity contribution < 1.29 is 14.9 Å². The lowest BCUT2D eigenvalue weighted by molar-refractivity contribution is -0.0773. The van der Waals surface area contributed by atoms with Crippen molar-refractivity contribution in [2.75, 3.05) is 7.11 Å². The largest absolute Gasteiger partial charge is 0.508 e. The zero-order chi connectivity index (χ0) is 9.14. The van der Waals surface area contributed by atoms with Gasteiger partial charge in [0.1, 0.15) is 5.75 Å². The minimum absolute atomic E-state index is 0.194. The standard InChI is InChI=1S/C9H12O3/c1-6-5-7(10)3-4-8(6)9(11)12-2/h3-5,9-11H,1-2H3/t9-/m0/s1. The first-order valence-corrected chi connectivity index (χ1v) is 3.65. The van der Waals surface area contributed by atoms with Crippen LogP contribution in [0.4, 0.5) is 0 Å². The number of rotatable bonds is 2. The third-order valence-electron chi connectivity index (χ3n) is 1.74. The van der Waals surface area contributed by atoms with E-state index >= 15 is 0 Å². The van der Waals surface area contributed by atoms with Gasteiger partial charge in [0, 0.05) is 12.7 Å². The molecule has 0 bridgehead atoms. The highest BCUT2D eigenvalue weighted by atomic mass is 16.6. The SMILES string of the molecule is CO[C@H](O)c1ccc(O)cc1C. The summed E-state index contributed by atoms with van der Waals surface area (Å²) in [5.74, 6) is 0.194. The van der Waals surface area contributed by atoms with E-state index in [1.165, 1.54) is 13.2 Å². The van der Waals surface area contributed by atoms with Gasteiger partial charge in [0.15, 0.2) is 6.29 Å². The van der Waals surface area contributed by atoms with Crippen LogP contribution >= 0.6 is 0 Å². The Kier molecular flexibility index (Phi) is 2.68. The summed E-state index contributed by atoms with van der Waals surface area (Å²) in [7, 11) is 1.43. The second-order valence-corrected chi connectivity index (χ2v) is 2.63. The van der Waals surface area contributed by atoms with Crippen LogP contribution in [0.15, 0.2) is 18.2 Å². The van der Waals surface area contributed by atoms with E-state index in [0.717, 1.165) is 5.56 Å².